The molecule has 2 aromatic carbocycles. The molecule has 4 nitrogen and oxygen atoms in total. The molecule has 2 aliphatic rings. The maximum atomic E-state index is 5.87. The van der Waals surface area contributed by atoms with Crippen LogP contribution in [0.3, 0.4) is 0 Å². The molecule has 0 bridgehead atoms. The van der Waals surface area contributed by atoms with Crippen molar-refractivity contribution in [3.8, 4) is 11.5 Å². The second-order valence-electron chi connectivity index (χ2n) is 7.80. The van der Waals surface area contributed by atoms with Crippen LogP contribution in [0.4, 0.5) is 0 Å². The Kier molecular flexibility index (Phi) is 5.29. The summed E-state index contributed by atoms with van der Waals surface area (Å²) in [5.41, 5.74) is 5.11. The first-order valence-electron chi connectivity index (χ1n) is 9.87. The average molecular weight is 377 g/mol. The highest BCUT2D eigenvalue weighted by molar-refractivity contribution is 5.40. The summed E-state index contributed by atoms with van der Waals surface area (Å²) < 4.78 is 11.7. The maximum Gasteiger partial charge on any atom is 0.161 e. The van der Waals surface area contributed by atoms with E-state index in [4.69, 9.17) is 9.47 Å². The van der Waals surface area contributed by atoms with E-state index in [-0.39, 0.29) is 0 Å². The Morgan fingerprint density at radius 3 is 1.75 bits per heavy atom. The van der Waals surface area contributed by atoms with E-state index in [1.165, 1.54) is 22.3 Å². The smallest absolute Gasteiger partial charge is 0.161 e. The number of ether oxygens (including phenoxy) is 2. The van der Waals surface area contributed by atoms with Crippen molar-refractivity contribution >= 4 is 0 Å². The van der Waals surface area contributed by atoms with Crippen molar-refractivity contribution in [3.05, 3.63) is 84.2 Å². The number of nitrogens with zero attached hydrogens (tertiary/aromatic N) is 2. The molecule has 2 aliphatic heterocycles. The SMILES string of the molecule is C=CN1COc2cc(CC(C)Cc3ccc4c(c3)OCN(C=C)C4)ccc2C1. The lowest BCUT2D eigenvalue weighted by Crippen LogP contribution is -2.27. The van der Waals surface area contributed by atoms with Crippen molar-refractivity contribution in [2.24, 2.45) is 5.92 Å². The highest BCUT2D eigenvalue weighted by Crippen LogP contribution is 2.29. The van der Waals surface area contributed by atoms with Gasteiger partial charge in [-0.05, 0) is 54.4 Å². The van der Waals surface area contributed by atoms with Crippen molar-refractivity contribution in [1.29, 1.82) is 0 Å². The third kappa shape index (κ3) is 4.01. The van der Waals surface area contributed by atoms with E-state index in [2.05, 4.69) is 66.3 Å². The highest BCUT2D eigenvalue weighted by Gasteiger charge is 2.17. The Hall–Kier alpha value is -2.88. The Morgan fingerprint density at radius 1 is 0.857 bits per heavy atom. The molecule has 0 saturated carbocycles. The van der Waals surface area contributed by atoms with E-state index in [0.29, 0.717) is 19.4 Å². The molecular weight excluding hydrogens is 348 g/mol. The van der Waals surface area contributed by atoms with E-state index >= 15 is 0 Å². The summed E-state index contributed by atoms with van der Waals surface area (Å²) in [5.74, 6) is 2.56. The number of fused-ring (bicyclic) bond motifs is 2. The molecule has 0 radical (unpaired) electrons. The molecule has 0 amide bonds. The van der Waals surface area contributed by atoms with E-state index in [1.54, 1.807) is 0 Å². The van der Waals surface area contributed by atoms with E-state index < -0.39 is 0 Å². The fourth-order valence-corrected chi connectivity index (χ4v) is 3.93. The molecule has 0 unspecified atom stereocenters. The molecule has 0 N–H and O–H groups in total. The number of hydrogen-bond acceptors (Lipinski definition) is 4. The molecule has 0 aromatic heterocycles. The van der Waals surface area contributed by atoms with Gasteiger partial charge in [-0.3, -0.25) is 0 Å². The molecule has 146 valence electrons. The first-order chi connectivity index (χ1) is 13.6. The second kappa shape index (κ2) is 8.01. The van der Waals surface area contributed by atoms with E-state index in [0.717, 1.165) is 37.4 Å². The van der Waals surface area contributed by atoms with Gasteiger partial charge >= 0.3 is 0 Å². The van der Waals surface area contributed by atoms with Crippen LogP contribution in [0.1, 0.15) is 29.2 Å². The fraction of sp³-hybridized carbons (Fsp3) is 0.333. The van der Waals surface area contributed by atoms with Crippen LogP contribution in [0.15, 0.2) is 62.0 Å². The summed E-state index contributed by atoms with van der Waals surface area (Å²) in [6.45, 7) is 12.8. The Labute approximate surface area is 167 Å². The zero-order valence-corrected chi connectivity index (χ0v) is 16.6. The first kappa shape index (κ1) is 18.5. The Balaban J connectivity index is 1.39. The van der Waals surface area contributed by atoms with Crippen LogP contribution >= 0.6 is 0 Å². The van der Waals surface area contributed by atoms with Gasteiger partial charge in [0.25, 0.3) is 0 Å². The van der Waals surface area contributed by atoms with Crippen molar-refractivity contribution in [2.45, 2.75) is 32.9 Å². The summed E-state index contributed by atoms with van der Waals surface area (Å²) in [6, 6.07) is 13.2. The summed E-state index contributed by atoms with van der Waals surface area (Å²) in [5, 5.41) is 0. The van der Waals surface area contributed by atoms with Crippen LogP contribution in [0, 0.1) is 5.92 Å². The second-order valence-corrected chi connectivity index (χ2v) is 7.80. The largest absolute Gasteiger partial charge is 0.473 e. The molecule has 0 fully saturated rings. The molecule has 2 aromatic rings. The van der Waals surface area contributed by atoms with Gasteiger partial charge in [0, 0.05) is 24.2 Å². The normalized spacial score (nSPS) is 15.4. The number of hydrogen-bond donors (Lipinski definition) is 0. The molecule has 4 heteroatoms. The fourth-order valence-electron chi connectivity index (χ4n) is 3.93. The molecule has 0 spiro atoms. The lowest BCUT2D eigenvalue weighted by molar-refractivity contribution is 0.141. The quantitative estimate of drug-likeness (QED) is 0.730. The third-order valence-corrected chi connectivity index (χ3v) is 5.47. The van der Waals surface area contributed by atoms with Crippen molar-refractivity contribution in [2.75, 3.05) is 13.5 Å². The van der Waals surface area contributed by atoms with Gasteiger partial charge in [0.15, 0.2) is 13.5 Å². The summed E-state index contributed by atoms with van der Waals surface area (Å²) in [7, 11) is 0. The van der Waals surface area contributed by atoms with Gasteiger partial charge in [-0.15, -0.1) is 0 Å². The van der Waals surface area contributed by atoms with Crippen LogP contribution in [0.25, 0.3) is 0 Å². The molecule has 0 atom stereocenters. The molecular formula is C24H28N2O2. The molecule has 4 rings (SSSR count). The highest BCUT2D eigenvalue weighted by atomic mass is 16.5. The minimum absolute atomic E-state index is 0.539. The van der Waals surface area contributed by atoms with Gasteiger partial charge in [0.05, 0.1) is 0 Å². The van der Waals surface area contributed by atoms with Crippen molar-refractivity contribution in [1.82, 2.24) is 9.80 Å². The topological polar surface area (TPSA) is 24.9 Å². The number of rotatable bonds is 6. The maximum absolute atomic E-state index is 5.87. The van der Waals surface area contributed by atoms with Gasteiger partial charge in [-0.2, -0.15) is 0 Å². The summed E-state index contributed by atoms with van der Waals surface area (Å²) in [4.78, 5) is 4.13. The van der Waals surface area contributed by atoms with Crippen LogP contribution in [0.2, 0.25) is 0 Å². The Bertz CT molecular complexity index is 805. The average Bonchev–Trinajstić information content (AvgIpc) is 2.72. The first-order valence-corrected chi connectivity index (χ1v) is 9.87. The lowest BCUT2D eigenvalue weighted by Gasteiger charge is -2.28. The zero-order chi connectivity index (χ0) is 19.5. The van der Waals surface area contributed by atoms with E-state index in [1.807, 2.05) is 12.4 Å². The van der Waals surface area contributed by atoms with Crippen LogP contribution in [0.5, 0.6) is 11.5 Å². The van der Waals surface area contributed by atoms with Crippen molar-refractivity contribution in [3.63, 3.8) is 0 Å². The lowest BCUT2D eigenvalue weighted by atomic mass is 9.93. The molecule has 0 aliphatic carbocycles. The molecule has 28 heavy (non-hydrogen) atoms. The minimum atomic E-state index is 0.539. The minimum Gasteiger partial charge on any atom is -0.473 e. The predicted molar refractivity (Wildman–Crippen MR) is 112 cm³/mol. The number of benzene rings is 2. The monoisotopic (exact) mass is 376 g/mol. The van der Waals surface area contributed by atoms with Crippen molar-refractivity contribution < 1.29 is 9.47 Å². The summed E-state index contributed by atoms with van der Waals surface area (Å²) >= 11 is 0. The summed E-state index contributed by atoms with van der Waals surface area (Å²) in [6.07, 6.45) is 5.72. The third-order valence-electron chi connectivity index (χ3n) is 5.47. The van der Waals surface area contributed by atoms with Gasteiger partial charge in [-0.25, -0.2) is 0 Å². The van der Waals surface area contributed by atoms with Crippen LogP contribution in [-0.4, -0.2) is 23.3 Å². The molecule has 0 saturated heterocycles. The van der Waals surface area contributed by atoms with Gasteiger partial charge in [0.2, 0.25) is 0 Å². The Morgan fingerprint density at radius 2 is 1.32 bits per heavy atom. The van der Waals surface area contributed by atoms with Crippen LogP contribution in [-0.2, 0) is 25.9 Å². The standard InChI is InChI=1S/C24H28N2O2/c1-4-25-14-21-8-6-19(12-23(21)27-16-25)10-18(3)11-20-7-9-22-15-26(5-2)17-28-24(22)13-20/h4-9,12-13,18H,1-2,10-11,14-17H2,3H3. The van der Waals surface area contributed by atoms with Gasteiger partial charge in [0.1, 0.15) is 11.5 Å². The van der Waals surface area contributed by atoms with Crippen LogP contribution < -0.4 is 9.47 Å². The van der Waals surface area contributed by atoms with Gasteiger partial charge in [-0.1, -0.05) is 44.3 Å². The van der Waals surface area contributed by atoms with Gasteiger partial charge < -0.3 is 19.3 Å². The zero-order valence-electron chi connectivity index (χ0n) is 16.6. The predicted octanol–water partition coefficient (Wildman–Crippen LogP) is 4.70. The van der Waals surface area contributed by atoms with E-state index in [9.17, 15) is 0 Å². The molecule has 2 heterocycles.